The van der Waals surface area contributed by atoms with E-state index in [0.717, 1.165) is 25.0 Å². The fourth-order valence-electron chi connectivity index (χ4n) is 6.28. The second-order valence-electron chi connectivity index (χ2n) is 10.2. The molecule has 2 aliphatic carbocycles. The van der Waals surface area contributed by atoms with Crippen molar-refractivity contribution >= 4 is 21.8 Å². The van der Waals surface area contributed by atoms with Gasteiger partial charge in [0.15, 0.2) is 0 Å². The monoisotopic (exact) mass is 448 g/mol. The maximum atomic E-state index is 13.7. The van der Waals surface area contributed by atoms with Gasteiger partial charge in [-0.3, -0.25) is 0 Å². The zero-order chi connectivity index (χ0) is 22.4. The van der Waals surface area contributed by atoms with E-state index in [-0.39, 0.29) is 23.3 Å². The number of hydrogen-bond acceptors (Lipinski definition) is 4. The lowest BCUT2D eigenvalue weighted by Gasteiger charge is -2.48. The summed E-state index contributed by atoms with van der Waals surface area (Å²) in [5.74, 6) is 1.19. The number of sulfonamides is 1. The Labute approximate surface area is 187 Å². The molecule has 0 heterocycles. The molecule has 0 N–H and O–H groups in total. The molecule has 0 aliphatic heterocycles. The third kappa shape index (κ3) is 3.61. The zero-order valence-corrected chi connectivity index (χ0v) is 20.8. The molecule has 2 unspecified atom stereocenters. The van der Waals surface area contributed by atoms with E-state index in [1.807, 2.05) is 45.9 Å². The van der Waals surface area contributed by atoms with Crippen LogP contribution in [0.3, 0.4) is 0 Å². The van der Waals surface area contributed by atoms with Gasteiger partial charge in [-0.05, 0) is 63.9 Å². The molecule has 3 rings (SSSR count). The van der Waals surface area contributed by atoms with Gasteiger partial charge in [0, 0.05) is 23.3 Å². The number of rotatable bonds is 8. The minimum absolute atomic E-state index is 0.0647. The Morgan fingerprint density at radius 1 is 1.17 bits per heavy atom. The van der Waals surface area contributed by atoms with Crippen LogP contribution in [0.1, 0.15) is 66.4 Å². The highest BCUT2D eigenvalue weighted by Gasteiger charge is 2.73. The summed E-state index contributed by atoms with van der Waals surface area (Å²) in [6.45, 7) is 12.2. The average Bonchev–Trinajstić information content (AvgIpc) is 2.99. The van der Waals surface area contributed by atoms with E-state index in [9.17, 15) is 13.7 Å². The Balaban J connectivity index is 2.01. The second kappa shape index (κ2) is 8.15. The Morgan fingerprint density at radius 3 is 2.27 bits per heavy atom. The van der Waals surface area contributed by atoms with Gasteiger partial charge in [0.05, 0.1) is 11.8 Å². The molecule has 30 heavy (non-hydrogen) atoms. The molecule has 1 aromatic rings. The third-order valence-corrected chi connectivity index (χ3v) is 11.7. The summed E-state index contributed by atoms with van der Waals surface area (Å²) in [5, 5.41) is 10.5. The summed E-state index contributed by atoms with van der Waals surface area (Å²) in [4.78, 5) is 0. The first-order chi connectivity index (χ1) is 13.9. The van der Waals surface area contributed by atoms with Crippen molar-refractivity contribution in [1.29, 1.82) is 5.26 Å². The number of fused-ring (bicyclic) bond motifs is 2. The molecule has 0 aromatic heterocycles. The highest BCUT2D eigenvalue weighted by molar-refractivity contribution is 8.00. The Hall–Kier alpha value is -1.03. The average molecular weight is 449 g/mol. The van der Waals surface area contributed by atoms with Crippen LogP contribution in [0.2, 0.25) is 0 Å². The van der Waals surface area contributed by atoms with Gasteiger partial charge in [-0.15, -0.1) is 11.8 Å². The van der Waals surface area contributed by atoms with Crippen molar-refractivity contribution in [3.63, 3.8) is 0 Å². The number of thioether (sulfide) groups is 1. The lowest BCUT2D eigenvalue weighted by atomic mass is 9.66. The van der Waals surface area contributed by atoms with Crippen LogP contribution < -0.4 is 0 Å². The van der Waals surface area contributed by atoms with Crippen molar-refractivity contribution in [3.8, 4) is 6.07 Å². The third-order valence-electron chi connectivity index (χ3n) is 7.76. The largest absolute Gasteiger partial charge is 0.215 e. The SMILES string of the molecule is CC(C)N(C(C)C)S(=O)(=O)CC12CCC(C[C@@]1(C#N)SCc1ccccc1)C2(C)C. The number of nitriles is 1. The summed E-state index contributed by atoms with van der Waals surface area (Å²) in [6.07, 6.45) is 2.61. The number of nitrogens with zero attached hydrogens (tertiary/aromatic N) is 2. The van der Waals surface area contributed by atoms with Crippen LogP contribution in [-0.4, -0.2) is 35.3 Å². The van der Waals surface area contributed by atoms with Crippen LogP contribution in [0, 0.1) is 28.1 Å². The van der Waals surface area contributed by atoms with E-state index in [4.69, 9.17) is 0 Å². The molecule has 0 radical (unpaired) electrons. The van der Waals surface area contributed by atoms with Crippen molar-refractivity contribution in [2.45, 2.75) is 83.4 Å². The van der Waals surface area contributed by atoms with Crippen LogP contribution in [0.25, 0.3) is 0 Å². The molecule has 2 fully saturated rings. The molecule has 2 bridgehead atoms. The fourth-order valence-corrected chi connectivity index (χ4v) is 10.9. The number of benzene rings is 1. The predicted octanol–water partition coefficient (Wildman–Crippen LogP) is 5.46. The molecule has 2 saturated carbocycles. The van der Waals surface area contributed by atoms with E-state index < -0.39 is 20.2 Å². The summed E-state index contributed by atoms with van der Waals surface area (Å²) in [7, 11) is -3.51. The first kappa shape index (κ1) is 23.6. The van der Waals surface area contributed by atoms with Crippen molar-refractivity contribution in [1.82, 2.24) is 4.31 Å². The van der Waals surface area contributed by atoms with Gasteiger partial charge < -0.3 is 0 Å². The standard InChI is InChI=1S/C24H36N2O2S2/c1-18(2)26(19(3)4)30(27,28)17-23-13-12-21(22(23,5)6)14-24(23,16-25)29-15-20-10-8-7-9-11-20/h7-11,18-19,21H,12-15,17H2,1-6H3/t21?,23?,24-/m0/s1. The first-order valence-electron chi connectivity index (χ1n) is 11.0. The Morgan fingerprint density at radius 2 is 1.77 bits per heavy atom. The molecule has 6 heteroatoms. The topological polar surface area (TPSA) is 61.2 Å². The maximum Gasteiger partial charge on any atom is 0.215 e. The Bertz CT molecular complexity index is 897. The molecule has 4 nitrogen and oxygen atoms in total. The smallest absolute Gasteiger partial charge is 0.212 e. The number of hydrogen-bond donors (Lipinski definition) is 0. The fraction of sp³-hybridized carbons (Fsp3) is 0.708. The molecular formula is C24H36N2O2S2. The van der Waals surface area contributed by atoms with Gasteiger partial charge in [-0.2, -0.15) is 9.57 Å². The summed E-state index contributed by atoms with van der Waals surface area (Å²) < 4.78 is 28.4. The van der Waals surface area contributed by atoms with Gasteiger partial charge in [0.25, 0.3) is 0 Å². The molecular weight excluding hydrogens is 412 g/mol. The lowest BCUT2D eigenvalue weighted by Crippen LogP contribution is -2.54. The van der Waals surface area contributed by atoms with E-state index >= 15 is 0 Å². The first-order valence-corrected chi connectivity index (χ1v) is 13.6. The molecule has 166 valence electrons. The molecule has 0 amide bonds. The quantitative estimate of drug-likeness (QED) is 0.530. The van der Waals surface area contributed by atoms with Crippen LogP contribution >= 0.6 is 11.8 Å². The summed E-state index contributed by atoms with van der Waals surface area (Å²) >= 11 is 1.67. The lowest BCUT2D eigenvalue weighted by molar-refractivity contribution is 0.139. The molecule has 1 aromatic carbocycles. The molecule has 2 aliphatic rings. The van der Waals surface area contributed by atoms with Gasteiger partial charge in [-0.25, -0.2) is 8.42 Å². The van der Waals surface area contributed by atoms with Gasteiger partial charge in [0.1, 0.15) is 4.75 Å². The predicted molar refractivity (Wildman–Crippen MR) is 126 cm³/mol. The minimum atomic E-state index is -3.51. The van der Waals surface area contributed by atoms with Crippen molar-refractivity contribution < 1.29 is 8.42 Å². The van der Waals surface area contributed by atoms with E-state index in [1.54, 1.807) is 16.1 Å². The summed E-state index contributed by atoms with van der Waals surface area (Å²) in [6, 6.07) is 12.7. The van der Waals surface area contributed by atoms with Crippen LogP contribution in [0.5, 0.6) is 0 Å². The van der Waals surface area contributed by atoms with Crippen LogP contribution in [-0.2, 0) is 15.8 Å². The minimum Gasteiger partial charge on any atom is -0.212 e. The van der Waals surface area contributed by atoms with Crippen molar-refractivity contribution in [3.05, 3.63) is 35.9 Å². The Kier molecular flexibility index (Phi) is 6.42. The van der Waals surface area contributed by atoms with Crippen molar-refractivity contribution in [2.75, 3.05) is 5.75 Å². The zero-order valence-electron chi connectivity index (χ0n) is 19.2. The van der Waals surface area contributed by atoms with Crippen molar-refractivity contribution in [2.24, 2.45) is 16.7 Å². The van der Waals surface area contributed by atoms with Gasteiger partial charge in [0.2, 0.25) is 10.0 Å². The maximum absolute atomic E-state index is 13.7. The van der Waals surface area contributed by atoms with E-state index in [2.05, 4.69) is 32.0 Å². The van der Waals surface area contributed by atoms with E-state index in [0.29, 0.717) is 5.92 Å². The second-order valence-corrected chi connectivity index (χ2v) is 13.4. The molecule has 0 saturated heterocycles. The van der Waals surface area contributed by atoms with Crippen LogP contribution in [0.4, 0.5) is 0 Å². The summed E-state index contributed by atoms with van der Waals surface area (Å²) in [5.41, 5.74) is 0.459. The highest BCUT2D eigenvalue weighted by atomic mass is 32.2. The van der Waals surface area contributed by atoms with E-state index in [1.165, 1.54) is 5.56 Å². The van der Waals surface area contributed by atoms with Crippen LogP contribution in [0.15, 0.2) is 30.3 Å². The highest BCUT2D eigenvalue weighted by Crippen LogP contribution is 2.74. The normalized spacial score (nSPS) is 30.3. The van der Waals surface area contributed by atoms with Gasteiger partial charge in [-0.1, -0.05) is 44.2 Å². The molecule has 3 atom stereocenters. The van der Waals surface area contributed by atoms with Gasteiger partial charge >= 0.3 is 0 Å². The molecule has 0 spiro atoms.